The quantitative estimate of drug-likeness (QED) is 0.733. The Morgan fingerprint density at radius 2 is 2.46 bits per heavy atom. The van der Waals surface area contributed by atoms with Gasteiger partial charge in [-0.3, -0.25) is 4.68 Å². The van der Waals surface area contributed by atoms with Gasteiger partial charge in [0.1, 0.15) is 0 Å². The molecule has 1 fully saturated rings. The maximum Gasteiger partial charge on any atom is 0.0770 e. The predicted octanol–water partition coefficient (Wildman–Crippen LogP) is 1.08. The summed E-state index contributed by atoms with van der Waals surface area (Å²) in [5.74, 6) is 0. The normalized spacial score (nSPS) is 18.2. The highest BCUT2D eigenvalue weighted by molar-refractivity contribution is 5.39. The molecule has 13 heavy (non-hydrogen) atoms. The van der Waals surface area contributed by atoms with Crippen molar-refractivity contribution in [3.05, 3.63) is 11.9 Å². The third-order valence-electron chi connectivity index (χ3n) is 2.68. The maximum absolute atomic E-state index is 8.89. The summed E-state index contributed by atoms with van der Waals surface area (Å²) >= 11 is 0. The highest BCUT2D eigenvalue weighted by Gasteiger charge is 2.44. The SMILES string of the molecule is Cc1c(N)cnn1CC1(C#N)CC1. The van der Waals surface area contributed by atoms with E-state index >= 15 is 0 Å². The summed E-state index contributed by atoms with van der Waals surface area (Å²) in [4.78, 5) is 0. The summed E-state index contributed by atoms with van der Waals surface area (Å²) in [7, 11) is 0. The summed E-state index contributed by atoms with van der Waals surface area (Å²) in [5.41, 5.74) is 7.17. The van der Waals surface area contributed by atoms with Gasteiger partial charge in [0.05, 0.1) is 35.6 Å². The van der Waals surface area contributed by atoms with Crippen LogP contribution < -0.4 is 5.73 Å². The predicted molar refractivity (Wildman–Crippen MR) is 48.7 cm³/mol. The second-order valence-corrected chi connectivity index (χ2v) is 3.74. The Morgan fingerprint density at radius 1 is 1.77 bits per heavy atom. The lowest BCUT2D eigenvalue weighted by atomic mass is 10.1. The molecule has 1 aromatic heterocycles. The average Bonchev–Trinajstić information content (AvgIpc) is 2.85. The molecule has 1 heterocycles. The highest BCUT2D eigenvalue weighted by atomic mass is 15.3. The van der Waals surface area contributed by atoms with Crippen LogP contribution in [0, 0.1) is 23.7 Å². The molecular weight excluding hydrogens is 164 g/mol. The van der Waals surface area contributed by atoms with E-state index in [2.05, 4.69) is 11.2 Å². The van der Waals surface area contributed by atoms with E-state index < -0.39 is 0 Å². The van der Waals surface area contributed by atoms with Gasteiger partial charge in [-0.2, -0.15) is 10.4 Å². The van der Waals surface area contributed by atoms with E-state index in [4.69, 9.17) is 11.0 Å². The van der Waals surface area contributed by atoms with Crippen LogP contribution in [0.2, 0.25) is 0 Å². The van der Waals surface area contributed by atoms with Crippen LogP contribution in [-0.4, -0.2) is 9.78 Å². The zero-order chi connectivity index (χ0) is 9.47. The van der Waals surface area contributed by atoms with Crippen molar-refractivity contribution in [1.82, 2.24) is 9.78 Å². The average molecular weight is 176 g/mol. The minimum atomic E-state index is -0.150. The molecule has 0 aliphatic heterocycles. The summed E-state index contributed by atoms with van der Waals surface area (Å²) in [5, 5.41) is 13.0. The topological polar surface area (TPSA) is 67.6 Å². The monoisotopic (exact) mass is 176 g/mol. The Labute approximate surface area is 77.0 Å². The minimum Gasteiger partial charge on any atom is -0.396 e. The first-order valence-corrected chi connectivity index (χ1v) is 4.36. The van der Waals surface area contributed by atoms with Gasteiger partial charge in [0.15, 0.2) is 0 Å². The molecule has 0 unspecified atom stereocenters. The van der Waals surface area contributed by atoms with Crippen molar-refractivity contribution in [1.29, 1.82) is 5.26 Å². The van der Waals surface area contributed by atoms with Crippen molar-refractivity contribution in [2.75, 3.05) is 5.73 Å². The third-order valence-corrected chi connectivity index (χ3v) is 2.68. The lowest BCUT2D eigenvalue weighted by Gasteiger charge is -2.07. The fourth-order valence-corrected chi connectivity index (χ4v) is 1.36. The molecule has 0 saturated heterocycles. The highest BCUT2D eigenvalue weighted by Crippen LogP contribution is 2.46. The summed E-state index contributed by atoms with van der Waals surface area (Å²) < 4.78 is 1.82. The van der Waals surface area contributed by atoms with E-state index in [1.807, 2.05) is 11.6 Å². The van der Waals surface area contributed by atoms with Gasteiger partial charge in [-0.25, -0.2) is 0 Å². The van der Waals surface area contributed by atoms with Crippen LogP contribution in [0.3, 0.4) is 0 Å². The molecule has 4 heteroatoms. The van der Waals surface area contributed by atoms with Crippen LogP contribution in [0.25, 0.3) is 0 Å². The summed E-state index contributed by atoms with van der Waals surface area (Å²) in [6, 6.07) is 2.34. The van der Waals surface area contributed by atoms with E-state index in [1.54, 1.807) is 6.20 Å². The maximum atomic E-state index is 8.89. The van der Waals surface area contributed by atoms with Gasteiger partial charge in [0, 0.05) is 0 Å². The minimum absolute atomic E-state index is 0.150. The second kappa shape index (κ2) is 2.49. The van der Waals surface area contributed by atoms with Crippen molar-refractivity contribution in [3.8, 4) is 6.07 Å². The van der Waals surface area contributed by atoms with Gasteiger partial charge >= 0.3 is 0 Å². The molecule has 1 saturated carbocycles. The smallest absolute Gasteiger partial charge is 0.0770 e. The van der Waals surface area contributed by atoms with Gasteiger partial charge in [-0.15, -0.1) is 0 Å². The number of nitrogens with zero attached hydrogens (tertiary/aromatic N) is 3. The van der Waals surface area contributed by atoms with Gasteiger partial charge in [0.2, 0.25) is 0 Å². The number of aromatic nitrogens is 2. The Kier molecular flexibility index (Phi) is 1.56. The van der Waals surface area contributed by atoms with Crippen LogP contribution in [0.5, 0.6) is 0 Å². The van der Waals surface area contributed by atoms with E-state index in [1.165, 1.54) is 0 Å². The number of hydrogen-bond acceptors (Lipinski definition) is 3. The lowest BCUT2D eigenvalue weighted by Crippen LogP contribution is -2.12. The van der Waals surface area contributed by atoms with Gasteiger partial charge in [-0.05, 0) is 19.8 Å². The Hall–Kier alpha value is -1.50. The first-order chi connectivity index (χ1) is 6.17. The first kappa shape index (κ1) is 8.11. The molecule has 68 valence electrons. The first-order valence-electron chi connectivity index (χ1n) is 4.36. The molecule has 0 aromatic carbocycles. The van der Waals surface area contributed by atoms with Crippen molar-refractivity contribution < 1.29 is 0 Å². The fourth-order valence-electron chi connectivity index (χ4n) is 1.36. The summed E-state index contributed by atoms with van der Waals surface area (Å²) in [6.45, 7) is 2.61. The zero-order valence-electron chi connectivity index (χ0n) is 7.62. The van der Waals surface area contributed by atoms with Gasteiger partial charge in [0.25, 0.3) is 0 Å². The molecule has 2 rings (SSSR count). The largest absolute Gasteiger partial charge is 0.396 e. The van der Waals surface area contributed by atoms with Crippen molar-refractivity contribution in [2.45, 2.75) is 26.3 Å². The van der Waals surface area contributed by atoms with E-state index in [0.29, 0.717) is 12.2 Å². The van der Waals surface area contributed by atoms with Gasteiger partial charge < -0.3 is 5.73 Å². The van der Waals surface area contributed by atoms with Gasteiger partial charge in [-0.1, -0.05) is 0 Å². The van der Waals surface area contributed by atoms with Crippen molar-refractivity contribution in [3.63, 3.8) is 0 Å². The lowest BCUT2D eigenvalue weighted by molar-refractivity contribution is 0.477. The molecule has 0 bridgehead atoms. The molecule has 4 nitrogen and oxygen atoms in total. The number of rotatable bonds is 2. The van der Waals surface area contributed by atoms with Crippen LogP contribution in [0.4, 0.5) is 5.69 Å². The number of anilines is 1. The standard InChI is InChI=1S/C9H12N4/c1-7-8(11)4-12-13(7)6-9(5-10)2-3-9/h4H,2-3,6,11H2,1H3. The molecule has 1 aliphatic carbocycles. The number of nitriles is 1. The Bertz CT molecular complexity index is 367. The van der Waals surface area contributed by atoms with Crippen molar-refractivity contribution in [2.24, 2.45) is 5.41 Å². The molecule has 0 atom stereocenters. The fraction of sp³-hybridized carbons (Fsp3) is 0.556. The van der Waals surface area contributed by atoms with Crippen LogP contribution in [0.1, 0.15) is 18.5 Å². The Morgan fingerprint density at radius 3 is 2.85 bits per heavy atom. The molecule has 2 N–H and O–H groups in total. The number of nitrogens with two attached hydrogens (primary N) is 1. The molecule has 0 amide bonds. The Balaban J connectivity index is 2.20. The van der Waals surface area contributed by atoms with Crippen molar-refractivity contribution >= 4 is 5.69 Å². The second-order valence-electron chi connectivity index (χ2n) is 3.74. The molecular formula is C9H12N4. The molecule has 0 spiro atoms. The molecule has 0 radical (unpaired) electrons. The number of hydrogen-bond donors (Lipinski definition) is 1. The number of nitrogen functional groups attached to an aromatic ring is 1. The molecule has 1 aromatic rings. The van der Waals surface area contributed by atoms with Crippen LogP contribution >= 0.6 is 0 Å². The van der Waals surface area contributed by atoms with E-state index in [0.717, 1.165) is 18.5 Å². The third kappa shape index (κ3) is 1.26. The van der Waals surface area contributed by atoms with E-state index in [9.17, 15) is 0 Å². The molecule has 1 aliphatic rings. The summed E-state index contributed by atoms with van der Waals surface area (Å²) in [6.07, 6.45) is 3.62. The van der Waals surface area contributed by atoms with Crippen LogP contribution in [-0.2, 0) is 6.54 Å². The van der Waals surface area contributed by atoms with E-state index in [-0.39, 0.29) is 5.41 Å². The zero-order valence-corrected chi connectivity index (χ0v) is 7.62. The van der Waals surface area contributed by atoms with Crippen LogP contribution in [0.15, 0.2) is 6.20 Å².